The van der Waals surface area contributed by atoms with Gasteiger partial charge in [-0.1, -0.05) is 36.4 Å². The van der Waals surface area contributed by atoms with E-state index in [9.17, 15) is 5.11 Å². The van der Waals surface area contributed by atoms with Crippen molar-refractivity contribution in [2.45, 2.75) is 12.6 Å². The first-order chi connectivity index (χ1) is 13.8. The molecule has 1 N–H and O–H groups in total. The van der Waals surface area contributed by atoms with Gasteiger partial charge in [-0.3, -0.25) is 4.90 Å². The van der Waals surface area contributed by atoms with Crippen molar-refractivity contribution < 1.29 is 5.11 Å². The number of anilines is 1. The zero-order valence-electron chi connectivity index (χ0n) is 15.7. The normalized spacial score (nSPS) is 16.8. The monoisotopic (exact) mass is 392 g/mol. The maximum absolute atomic E-state index is 10.9. The van der Waals surface area contributed by atoms with Crippen LogP contribution in [0.2, 0.25) is 0 Å². The molecule has 144 valence electrons. The molecule has 0 aliphatic carbocycles. The first kappa shape index (κ1) is 17.7. The molecule has 2 aromatic carbocycles. The second-order valence-electron chi connectivity index (χ2n) is 7.40. The summed E-state index contributed by atoms with van der Waals surface area (Å²) in [5, 5.41) is 16.5. The van der Waals surface area contributed by atoms with Crippen LogP contribution in [0.25, 0.3) is 21.8 Å². The highest BCUT2D eigenvalue weighted by molar-refractivity contribution is 7.13. The van der Waals surface area contributed by atoms with Gasteiger partial charge in [0.1, 0.15) is 0 Å². The summed E-state index contributed by atoms with van der Waals surface area (Å²) in [6.07, 6.45) is 1.47. The standard InChI is InChI=1S/C22H24N4OS/c27-17(15-24-10-12-25(13-11-24)22-23-9-14-28-22)16-26-20-7-3-1-5-18(20)19-6-2-4-8-21(19)26/h1-9,14,17,27H,10-13,15-16H2/t17-/m0/s1. The van der Waals surface area contributed by atoms with E-state index in [1.807, 2.05) is 11.6 Å². The maximum Gasteiger partial charge on any atom is 0.185 e. The first-order valence-electron chi connectivity index (χ1n) is 9.80. The van der Waals surface area contributed by atoms with Gasteiger partial charge in [0.2, 0.25) is 0 Å². The van der Waals surface area contributed by atoms with Crippen LogP contribution < -0.4 is 4.90 Å². The molecule has 6 heteroatoms. The highest BCUT2D eigenvalue weighted by Gasteiger charge is 2.21. The van der Waals surface area contributed by atoms with Gasteiger partial charge in [-0.05, 0) is 12.1 Å². The number of piperazine rings is 1. The lowest BCUT2D eigenvalue weighted by molar-refractivity contribution is 0.0969. The van der Waals surface area contributed by atoms with Gasteiger partial charge in [0.25, 0.3) is 0 Å². The lowest BCUT2D eigenvalue weighted by Gasteiger charge is -2.35. The average Bonchev–Trinajstić information content (AvgIpc) is 3.37. The van der Waals surface area contributed by atoms with E-state index in [-0.39, 0.29) is 0 Å². The van der Waals surface area contributed by atoms with Crippen LogP contribution in [0.15, 0.2) is 60.1 Å². The Morgan fingerprint density at radius 1 is 0.893 bits per heavy atom. The van der Waals surface area contributed by atoms with Gasteiger partial charge in [0.05, 0.1) is 12.6 Å². The summed E-state index contributed by atoms with van der Waals surface area (Å²) in [5.74, 6) is 0. The number of rotatable bonds is 5. The van der Waals surface area contributed by atoms with Crippen molar-refractivity contribution in [3.05, 3.63) is 60.1 Å². The van der Waals surface area contributed by atoms with Crippen LogP contribution in [0.4, 0.5) is 5.13 Å². The number of thiazole rings is 1. The van der Waals surface area contributed by atoms with E-state index in [0.717, 1.165) is 31.3 Å². The second-order valence-corrected chi connectivity index (χ2v) is 8.27. The highest BCUT2D eigenvalue weighted by atomic mass is 32.1. The Balaban J connectivity index is 1.29. The Hall–Kier alpha value is -2.41. The third kappa shape index (κ3) is 3.28. The molecule has 0 radical (unpaired) electrons. The Bertz CT molecular complexity index is 1010. The topological polar surface area (TPSA) is 44.5 Å². The zero-order chi connectivity index (χ0) is 18.9. The number of β-amino-alcohol motifs (C(OH)–C–C–N with tert-alkyl or cyclic N) is 1. The molecule has 5 nitrogen and oxygen atoms in total. The largest absolute Gasteiger partial charge is 0.390 e. The van der Waals surface area contributed by atoms with Crippen molar-refractivity contribution in [2.24, 2.45) is 0 Å². The average molecular weight is 393 g/mol. The molecule has 28 heavy (non-hydrogen) atoms. The molecule has 0 amide bonds. The van der Waals surface area contributed by atoms with E-state index in [2.05, 4.69) is 67.9 Å². The molecule has 1 aliphatic heterocycles. The fraction of sp³-hybridized carbons (Fsp3) is 0.318. The van der Waals surface area contributed by atoms with Crippen molar-refractivity contribution in [1.29, 1.82) is 0 Å². The van der Waals surface area contributed by atoms with Crippen molar-refractivity contribution in [1.82, 2.24) is 14.5 Å². The lowest BCUT2D eigenvalue weighted by atomic mass is 10.2. The maximum atomic E-state index is 10.9. The Morgan fingerprint density at radius 3 is 2.14 bits per heavy atom. The summed E-state index contributed by atoms with van der Waals surface area (Å²) < 4.78 is 2.27. The predicted octanol–water partition coefficient (Wildman–Crippen LogP) is 3.43. The van der Waals surface area contributed by atoms with Crippen LogP contribution in [0.3, 0.4) is 0 Å². The summed E-state index contributed by atoms with van der Waals surface area (Å²) in [7, 11) is 0. The minimum atomic E-state index is -0.398. The number of nitrogens with zero attached hydrogens (tertiary/aromatic N) is 4. The summed E-state index contributed by atoms with van der Waals surface area (Å²) in [4.78, 5) is 9.10. The first-order valence-corrected chi connectivity index (χ1v) is 10.7. The van der Waals surface area contributed by atoms with Crippen LogP contribution in [0, 0.1) is 0 Å². The SMILES string of the molecule is O[C@@H](CN1CCN(c2nccs2)CC1)Cn1c2ccccc2c2ccccc21. The van der Waals surface area contributed by atoms with Crippen molar-refractivity contribution >= 4 is 38.3 Å². The minimum absolute atomic E-state index is 0.398. The van der Waals surface area contributed by atoms with Gasteiger partial charge in [-0.15, -0.1) is 11.3 Å². The summed E-state index contributed by atoms with van der Waals surface area (Å²) >= 11 is 1.69. The van der Waals surface area contributed by atoms with Gasteiger partial charge in [-0.2, -0.15) is 0 Å². The number of aliphatic hydroxyl groups excluding tert-OH is 1. The van der Waals surface area contributed by atoms with Crippen LogP contribution in [-0.4, -0.2) is 58.4 Å². The van der Waals surface area contributed by atoms with Gasteiger partial charge < -0.3 is 14.6 Å². The van der Waals surface area contributed by atoms with Crippen molar-refractivity contribution in [3.63, 3.8) is 0 Å². The molecule has 0 bridgehead atoms. The van der Waals surface area contributed by atoms with Crippen LogP contribution in [0.1, 0.15) is 0 Å². The third-order valence-corrected chi connectivity index (χ3v) is 6.44. The van der Waals surface area contributed by atoms with Crippen LogP contribution in [-0.2, 0) is 6.54 Å². The number of hydrogen-bond acceptors (Lipinski definition) is 5. The summed E-state index contributed by atoms with van der Waals surface area (Å²) in [5.41, 5.74) is 2.38. The van der Waals surface area contributed by atoms with E-state index >= 15 is 0 Å². The molecule has 0 saturated carbocycles. The van der Waals surface area contributed by atoms with Crippen molar-refractivity contribution in [2.75, 3.05) is 37.6 Å². The van der Waals surface area contributed by atoms with Crippen LogP contribution >= 0.6 is 11.3 Å². The quantitative estimate of drug-likeness (QED) is 0.565. The van der Waals surface area contributed by atoms with Gasteiger partial charge >= 0.3 is 0 Å². The summed E-state index contributed by atoms with van der Waals surface area (Å²) in [6, 6.07) is 16.9. The Kier molecular flexibility index (Phi) is 4.76. The fourth-order valence-electron chi connectivity index (χ4n) is 4.26. The number of para-hydroxylation sites is 2. The molecule has 1 aliphatic rings. The number of aliphatic hydroxyl groups is 1. The molecule has 2 aromatic heterocycles. The fourth-order valence-corrected chi connectivity index (χ4v) is 4.96. The Morgan fingerprint density at radius 2 is 1.54 bits per heavy atom. The predicted molar refractivity (Wildman–Crippen MR) is 116 cm³/mol. The molecular formula is C22H24N4OS. The van der Waals surface area contributed by atoms with Gasteiger partial charge in [-0.25, -0.2) is 4.98 Å². The molecule has 4 aromatic rings. The lowest BCUT2D eigenvalue weighted by Crippen LogP contribution is -2.49. The van der Waals surface area contributed by atoms with Crippen molar-refractivity contribution in [3.8, 4) is 0 Å². The molecule has 1 atom stereocenters. The third-order valence-electron chi connectivity index (χ3n) is 5.60. The minimum Gasteiger partial charge on any atom is -0.390 e. The second kappa shape index (κ2) is 7.54. The van der Waals surface area contributed by atoms with Gasteiger partial charge in [0, 0.05) is 66.1 Å². The van der Waals surface area contributed by atoms with E-state index < -0.39 is 6.10 Å². The molecular weight excluding hydrogens is 368 g/mol. The van der Waals surface area contributed by atoms with E-state index in [1.165, 1.54) is 21.8 Å². The molecule has 1 fully saturated rings. The van der Waals surface area contributed by atoms with Crippen LogP contribution in [0.5, 0.6) is 0 Å². The summed E-state index contributed by atoms with van der Waals surface area (Å²) in [6.45, 7) is 5.17. The number of aromatic nitrogens is 2. The molecule has 0 unspecified atom stereocenters. The van der Waals surface area contributed by atoms with E-state index in [4.69, 9.17) is 0 Å². The van der Waals surface area contributed by atoms with E-state index in [1.54, 1.807) is 11.3 Å². The zero-order valence-corrected chi connectivity index (χ0v) is 16.6. The molecule has 0 spiro atoms. The highest BCUT2D eigenvalue weighted by Crippen LogP contribution is 2.29. The Labute approximate surface area is 168 Å². The molecule has 3 heterocycles. The number of benzene rings is 2. The number of fused-ring (bicyclic) bond motifs is 3. The molecule has 1 saturated heterocycles. The van der Waals surface area contributed by atoms with Gasteiger partial charge in [0.15, 0.2) is 5.13 Å². The smallest absolute Gasteiger partial charge is 0.185 e. The van der Waals surface area contributed by atoms with E-state index in [0.29, 0.717) is 13.1 Å². The number of hydrogen-bond donors (Lipinski definition) is 1. The molecule has 5 rings (SSSR count).